The van der Waals surface area contributed by atoms with Crippen LogP contribution >= 0.6 is 0 Å². The molecule has 1 aliphatic heterocycles. The van der Waals surface area contributed by atoms with Gasteiger partial charge in [0.25, 0.3) is 5.91 Å². The first-order chi connectivity index (χ1) is 14.5. The molecule has 2 aromatic carbocycles. The summed E-state index contributed by atoms with van der Waals surface area (Å²) in [5.41, 5.74) is 0.894. The number of likely N-dealkylation sites (tertiary alicyclic amines) is 1. The third kappa shape index (κ3) is 5.17. The number of methoxy groups -OCH3 is 2. The largest absolute Gasteiger partial charge is 0.493 e. The van der Waals surface area contributed by atoms with E-state index in [2.05, 4.69) is 5.32 Å². The molecule has 1 fully saturated rings. The van der Waals surface area contributed by atoms with Crippen LogP contribution in [0.1, 0.15) is 28.8 Å². The second-order valence-electron chi connectivity index (χ2n) is 7.00. The predicted octanol–water partition coefficient (Wildman–Crippen LogP) is 3.28. The molecule has 0 aromatic heterocycles. The van der Waals surface area contributed by atoms with Gasteiger partial charge in [-0.15, -0.1) is 0 Å². The van der Waals surface area contributed by atoms with Gasteiger partial charge in [0.2, 0.25) is 5.91 Å². The monoisotopic (exact) mass is 412 g/mol. The van der Waals surface area contributed by atoms with E-state index in [4.69, 9.17) is 9.47 Å². The molecule has 1 heterocycles. The van der Waals surface area contributed by atoms with Crippen LogP contribution in [0, 0.1) is 5.82 Å². The summed E-state index contributed by atoms with van der Waals surface area (Å²) in [6, 6.07) is 11.3. The Balaban J connectivity index is 1.51. The summed E-state index contributed by atoms with van der Waals surface area (Å²) < 4.78 is 24.3. The fourth-order valence-electron chi connectivity index (χ4n) is 3.41. The van der Waals surface area contributed by atoms with Crippen LogP contribution in [0.3, 0.4) is 0 Å². The summed E-state index contributed by atoms with van der Waals surface area (Å²) in [7, 11) is 3.12. The van der Waals surface area contributed by atoms with E-state index < -0.39 is 5.82 Å². The maximum atomic E-state index is 13.8. The molecule has 0 bridgehead atoms. The van der Waals surface area contributed by atoms with Crippen molar-refractivity contribution < 1.29 is 23.5 Å². The summed E-state index contributed by atoms with van der Waals surface area (Å²) >= 11 is 0. The lowest BCUT2D eigenvalue weighted by Gasteiger charge is -2.32. The normalized spacial score (nSPS) is 14.6. The Morgan fingerprint density at radius 3 is 2.43 bits per heavy atom. The average molecular weight is 412 g/mol. The van der Waals surface area contributed by atoms with Gasteiger partial charge in [-0.3, -0.25) is 9.59 Å². The number of hydrogen-bond donors (Lipinski definition) is 1. The Morgan fingerprint density at radius 1 is 1.07 bits per heavy atom. The van der Waals surface area contributed by atoms with E-state index in [0.717, 1.165) is 5.56 Å². The van der Waals surface area contributed by atoms with Gasteiger partial charge in [0.15, 0.2) is 11.5 Å². The van der Waals surface area contributed by atoms with Crippen LogP contribution in [-0.4, -0.2) is 50.1 Å². The van der Waals surface area contributed by atoms with E-state index in [1.54, 1.807) is 49.5 Å². The highest BCUT2D eigenvalue weighted by Gasteiger charge is 2.25. The first-order valence-corrected chi connectivity index (χ1v) is 9.76. The molecule has 1 N–H and O–H groups in total. The molecule has 1 saturated heterocycles. The Kier molecular flexibility index (Phi) is 7.06. The molecule has 1 aliphatic rings. The van der Waals surface area contributed by atoms with Crippen molar-refractivity contribution in [3.05, 3.63) is 65.5 Å². The zero-order valence-corrected chi connectivity index (χ0v) is 17.1. The molecular formula is C23H25FN2O4. The number of nitrogens with one attached hydrogen (secondary N) is 1. The number of nitrogens with zero attached hydrogens (tertiary/aromatic N) is 1. The lowest BCUT2D eigenvalue weighted by Crippen LogP contribution is -2.46. The highest BCUT2D eigenvalue weighted by molar-refractivity contribution is 5.94. The third-order valence-corrected chi connectivity index (χ3v) is 5.07. The molecule has 0 saturated carbocycles. The van der Waals surface area contributed by atoms with Gasteiger partial charge in [-0.25, -0.2) is 4.39 Å². The minimum Gasteiger partial charge on any atom is -0.493 e. The first-order valence-electron chi connectivity index (χ1n) is 9.76. The Labute approximate surface area is 175 Å². The van der Waals surface area contributed by atoms with Crippen molar-refractivity contribution >= 4 is 17.9 Å². The van der Waals surface area contributed by atoms with Gasteiger partial charge in [0, 0.05) is 25.2 Å². The second-order valence-corrected chi connectivity index (χ2v) is 7.00. The number of piperidine rings is 1. The van der Waals surface area contributed by atoms with E-state index in [1.807, 2.05) is 6.07 Å². The van der Waals surface area contributed by atoms with Crippen LogP contribution in [0.15, 0.2) is 48.5 Å². The number of ether oxygens (including phenoxy) is 2. The van der Waals surface area contributed by atoms with E-state index in [0.29, 0.717) is 37.4 Å². The summed E-state index contributed by atoms with van der Waals surface area (Å²) in [6.07, 6.45) is 4.42. The fourth-order valence-corrected chi connectivity index (χ4v) is 3.41. The molecule has 6 nitrogen and oxygen atoms in total. The van der Waals surface area contributed by atoms with Crippen molar-refractivity contribution in [1.29, 1.82) is 0 Å². The van der Waals surface area contributed by atoms with Gasteiger partial charge >= 0.3 is 0 Å². The molecule has 0 unspecified atom stereocenters. The molecule has 7 heteroatoms. The minimum atomic E-state index is -0.516. The number of rotatable bonds is 6. The summed E-state index contributed by atoms with van der Waals surface area (Å²) in [6.45, 7) is 0.939. The van der Waals surface area contributed by atoms with Crippen LogP contribution in [0.5, 0.6) is 11.5 Å². The third-order valence-electron chi connectivity index (χ3n) is 5.07. The fraction of sp³-hybridized carbons (Fsp3) is 0.304. The smallest absolute Gasteiger partial charge is 0.256 e. The van der Waals surface area contributed by atoms with Gasteiger partial charge in [0.05, 0.1) is 19.8 Å². The summed E-state index contributed by atoms with van der Waals surface area (Å²) in [5.74, 6) is 0.177. The SMILES string of the molecule is COc1ccc(C=CC(=O)NC2CCN(C(=O)c3ccccc3F)CC2)cc1OC. The number of halogens is 1. The lowest BCUT2D eigenvalue weighted by atomic mass is 10.0. The van der Waals surface area contributed by atoms with Crippen LogP contribution in [-0.2, 0) is 4.79 Å². The highest BCUT2D eigenvalue weighted by atomic mass is 19.1. The molecule has 0 spiro atoms. The molecule has 0 aliphatic carbocycles. The molecule has 158 valence electrons. The Morgan fingerprint density at radius 2 is 1.77 bits per heavy atom. The van der Waals surface area contributed by atoms with Gasteiger partial charge in [0.1, 0.15) is 5.82 Å². The standard InChI is InChI=1S/C23H25FN2O4/c1-29-20-9-7-16(15-21(20)30-2)8-10-22(27)25-17-11-13-26(14-12-17)23(28)18-5-3-4-6-19(18)24/h3-10,15,17H,11-14H2,1-2H3,(H,25,27). The first kappa shape index (κ1) is 21.4. The molecule has 2 aromatic rings. The van der Waals surface area contributed by atoms with Gasteiger partial charge < -0.3 is 19.7 Å². The van der Waals surface area contributed by atoms with Gasteiger partial charge in [-0.2, -0.15) is 0 Å². The average Bonchev–Trinajstić information content (AvgIpc) is 2.78. The summed E-state index contributed by atoms with van der Waals surface area (Å²) in [4.78, 5) is 26.4. The van der Waals surface area contributed by atoms with Crippen molar-refractivity contribution in [2.75, 3.05) is 27.3 Å². The van der Waals surface area contributed by atoms with Crippen molar-refractivity contribution in [1.82, 2.24) is 10.2 Å². The van der Waals surface area contributed by atoms with E-state index in [9.17, 15) is 14.0 Å². The zero-order valence-electron chi connectivity index (χ0n) is 17.1. The highest BCUT2D eigenvalue weighted by Crippen LogP contribution is 2.28. The molecule has 30 heavy (non-hydrogen) atoms. The number of carbonyl (C=O) groups is 2. The minimum absolute atomic E-state index is 0.0303. The van der Waals surface area contributed by atoms with Crippen LogP contribution in [0.25, 0.3) is 6.08 Å². The van der Waals surface area contributed by atoms with E-state index in [-0.39, 0.29) is 23.4 Å². The number of carbonyl (C=O) groups excluding carboxylic acids is 2. The van der Waals surface area contributed by atoms with E-state index >= 15 is 0 Å². The molecule has 3 rings (SSSR count). The number of hydrogen-bond acceptors (Lipinski definition) is 4. The maximum absolute atomic E-state index is 13.8. The van der Waals surface area contributed by atoms with Crippen LogP contribution in [0.2, 0.25) is 0 Å². The maximum Gasteiger partial charge on any atom is 0.256 e. The Hall–Kier alpha value is -3.35. The topological polar surface area (TPSA) is 67.9 Å². The molecule has 0 atom stereocenters. The zero-order chi connectivity index (χ0) is 21.5. The van der Waals surface area contributed by atoms with E-state index in [1.165, 1.54) is 18.2 Å². The van der Waals surface area contributed by atoms with Crippen LogP contribution in [0.4, 0.5) is 4.39 Å². The number of amides is 2. The van der Waals surface area contributed by atoms with Gasteiger partial charge in [-0.05, 0) is 48.7 Å². The predicted molar refractivity (Wildman–Crippen MR) is 112 cm³/mol. The van der Waals surface area contributed by atoms with Crippen molar-refractivity contribution in [2.45, 2.75) is 18.9 Å². The summed E-state index contributed by atoms with van der Waals surface area (Å²) in [5, 5.41) is 2.96. The second kappa shape index (κ2) is 9.91. The van der Waals surface area contributed by atoms with Crippen LogP contribution < -0.4 is 14.8 Å². The number of benzene rings is 2. The van der Waals surface area contributed by atoms with Crippen molar-refractivity contribution in [2.24, 2.45) is 0 Å². The van der Waals surface area contributed by atoms with Crippen molar-refractivity contribution in [3.63, 3.8) is 0 Å². The molecule has 2 amide bonds. The van der Waals surface area contributed by atoms with Crippen molar-refractivity contribution in [3.8, 4) is 11.5 Å². The van der Waals surface area contributed by atoms with Gasteiger partial charge in [-0.1, -0.05) is 18.2 Å². The quantitative estimate of drug-likeness (QED) is 0.740. The Bertz CT molecular complexity index is 937. The molecular weight excluding hydrogens is 387 g/mol. The lowest BCUT2D eigenvalue weighted by molar-refractivity contribution is -0.117. The molecule has 0 radical (unpaired) electrons.